The molecule has 0 aliphatic carbocycles. The average Bonchev–Trinajstić information content (AvgIpc) is 3.25. The molecule has 174 valence electrons. The van der Waals surface area contributed by atoms with E-state index in [1.54, 1.807) is 6.20 Å². The van der Waals surface area contributed by atoms with E-state index in [1.165, 1.54) is 18.1 Å². The van der Waals surface area contributed by atoms with Gasteiger partial charge in [-0.3, -0.25) is 14.4 Å². The van der Waals surface area contributed by atoms with Gasteiger partial charge in [-0.2, -0.15) is 37.0 Å². The molecule has 0 aliphatic rings. The third-order valence-electron chi connectivity index (χ3n) is 4.19. The molecule has 0 fully saturated rings. The second-order valence-corrected chi connectivity index (χ2v) is 8.27. The van der Waals surface area contributed by atoms with E-state index in [2.05, 4.69) is 51.2 Å². The molecule has 31 heavy (non-hydrogen) atoms. The Morgan fingerprint density at radius 2 is 1.68 bits per heavy atom. The summed E-state index contributed by atoms with van der Waals surface area (Å²) in [6, 6.07) is -4.13. The molecule has 0 aromatic carbocycles. The number of nitrogens with two attached hydrogens (primary N) is 1. The number of nitrogens with one attached hydrogen (secondary N) is 4. The molecule has 1 rings (SSSR count). The number of thiol groups is 2. The highest BCUT2D eigenvalue weighted by Gasteiger charge is 2.29. The van der Waals surface area contributed by atoms with Gasteiger partial charge in [-0.1, -0.05) is 0 Å². The summed E-state index contributed by atoms with van der Waals surface area (Å²) in [4.78, 5) is 55.4. The van der Waals surface area contributed by atoms with Crippen LogP contribution in [-0.2, 0) is 25.6 Å². The number of thioether (sulfide) groups is 1. The minimum atomic E-state index is -1.25. The summed E-state index contributed by atoms with van der Waals surface area (Å²) in [5.41, 5.74) is 6.60. The molecule has 4 atom stereocenters. The van der Waals surface area contributed by atoms with Gasteiger partial charge >= 0.3 is 5.97 Å². The topological polar surface area (TPSA) is 179 Å². The Labute approximate surface area is 195 Å². The van der Waals surface area contributed by atoms with E-state index in [1.807, 2.05) is 6.26 Å². The molecular weight excluding hydrogens is 464 g/mol. The van der Waals surface area contributed by atoms with Crippen LogP contribution >= 0.6 is 37.0 Å². The number of hydrogen-bond donors (Lipinski definition) is 8. The fraction of sp³-hybridized carbons (Fsp3) is 0.588. The summed E-state index contributed by atoms with van der Waals surface area (Å²) in [6.45, 7) is 0. The number of carboxylic acid groups (broad SMARTS) is 1. The van der Waals surface area contributed by atoms with Crippen LogP contribution in [0.5, 0.6) is 0 Å². The van der Waals surface area contributed by atoms with Gasteiger partial charge in [0, 0.05) is 29.8 Å². The van der Waals surface area contributed by atoms with E-state index in [-0.39, 0.29) is 17.9 Å². The number of H-pyrrole nitrogens is 1. The van der Waals surface area contributed by atoms with E-state index >= 15 is 0 Å². The predicted molar refractivity (Wildman–Crippen MR) is 124 cm³/mol. The van der Waals surface area contributed by atoms with Crippen LogP contribution in [0.1, 0.15) is 12.1 Å². The largest absolute Gasteiger partial charge is 0.480 e. The van der Waals surface area contributed by atoms with Crippen molar-refractivity contribution in [2.24, 2.45) is 5.73 Å². The van der Waals surface area contributed by atoms with Crippen molar-refractivity contribution in [3.8, 4) is 0 Å². The number of hydrogen-bond acceptors (Lipinski definition) is 9. The Morgan fingerprint density at radius 1 is 1.10 bits per heavy atom. The van der Waals surface area contributed by atoms with Gasteiger partial charge in [0.15, 0.2) is 0 Å². The zero-order valence-electron chi connectivity index (χ0n) is 16.9. The number of amides is 3. The lowest BCUT2D eigenvalue weighted by atomic mass is 10.1. The normalized spacial score (nSPS) is 14.7. The minimum absolute atomic E-state index is 0.0704. The SMILES string of the molecule is CSCCC(NC(=O)C(N)Cc1cnc[nH]1)C(=O)NC(CS)C(=O)NC(CS)C(=O)O. The lowest BCUT2D eigenvalue weighted by Gasteiger charge is -2.24. The molecule has 4 unspecified atom stereocenters. The summed E-state index contributed by atoms with van der Waals surface area (Å²) in [5.74, 6) is -2.69. The van der Waals surface area contributed by atoms with Crippen LogP contribution in [0.4, 0.5) is 0 Å². The van der Waals surface area contributed by atoms with Crippen molar-refractivity contribution in [3.05, 3.63) is 18.2 Å². The Morgan fingerprint density at radius 3 is 2.19 bits per heavy atom. The number of carbonyl (C=O) groups is 4. The minimum Gasteiger partial charge on any atom is -0.480 e. The van der Waals surface area contributed by atoms with Crippen LogP contribution in [0.15, 0.2) is 12.5 Å². The van der Waals surface area contributed by atoms with Crippen molar-refractivity contribution >= 4 is 60.7 Å². The molecule has 0 spiro atoms. The van der Waals surface area contributed by atoms with E-state index in [9.17, 15) is 19.2 Å². The van der Waals surface area contributed by atoms with Gasteiger partial charge in [0.05, 0.1) is 12.4 Å². The second-order valence-electron chi connectivity index (χ2n) is 6.56. The summed E-state index contributed by atoms with van der Waals surface area (Å²) < 4.78 is 0. The van der Waals surface area contributed by atoms with Crippen LogP contribution in [-0.4, -0.2) is 86.4 Å². The van der Waals surface area contributed by atoms with Gasteiger partial charge in [0.25, 0.3) is 0 Å². The monoisotopic (exact) mass is 492 g/mol. The number of imidazole rings is 1. The zero-order chi connectivity index (χ0) is 23.4. The molecule has 3 amide bonds. The first-order valence-corrected chi connectivity index (χ1v) is 12.0. The molecule has 11 nitrogen and oxygen atoms in total. The average molecular weight is 493 g/mol. The molecule has 0 radical (unpaired) electrons. The van der Waals surface area contributed by atoms with Gasteiger partial charge in [0.1, 0.15) is 18.1 Å². The second kappa shape index (κ2) is 14.2. The number of nitrogens with zero attached hydrogens (tertiary/aromatic N) is 1. The summed E-state index contributed by atoms with van der Waals surface area (Å²) in [6.07, 6.45) is 5.40. The first kappa shape index (κ1) is 27.1. The first-order valence-electron chi connectivity index (χ1n) is 9.30. The van der Waals surface area contributed by atoms with E-state index in [0.29, 0.717) is 17.9 Å². The van der Waals surface area contributed by atoms with Crippen LogP contribution in [0, 0.1) is 0 Å². The van der Waals surface area contributed by atoms with Gasteiger partial charge in [-0.15, -0.1) is 0 Å². The lowest BCUT2D eigenvalue weighted by Crippen LogP contribution is -2.58. The summed E-state index contributed by atoms with van der Waals surface area (Å²) in [5, 5.41) is 16.5. The van der Waals surface area contributed by atoms with Gasteiger partial charge in [-0.05, 0) is 18.4 Å². The molecule has 14 heteroatoms. The van der Waals surface area contributed by atoms with Crippen LogP contribution < -0.4 is 21.7 Å². The highest BCUT2D eigenvalue weighted by Crippen LogP contribution is 2.04. The predicted octanol–water partition coefficient (Wildman–Crippen LogP) is -1.57. The molecule has 0 aliphatic heterocycles. The van der Waals surface area contributed by atoms with Crippen LogP contribution in [0.2, 0.25) is 0 Å². The third-order valence-corrected chi connectivity index (χ3v) is 5.56. The van der Waals surface area contributed by atoms with Crippen molar-refractivity contribution in [1.82, 2.24) is 25.9 Å². The number of carbonyl (C=O) groups excluding carboxylic acids is 3. The molecule has 1 aromatic rings. The maximum atomic E-state index is 12.7. The number of aromatic amines is 1. The van der Waals surface area contributed by atoms with Crippen molar-refractivity contribution in [1.29, 1.82) is 0 Å². The zero-order valence-corrected chi connectivity index (χ0v) is 19.5. The van der Waals surface area contributed by atoms with Gasteiger partial charge in [0.2, 0.25) is 17.7 Å². The highest BCUT2D eigenvalue weighted by molar-refractivity contribution is 7.98. The molecular formula is C17H28N6O5S3. The summed E-state index contributed by atoms with van der Waals surface area (Å²) >= 11 is 9.44. The van der Waals surface area contributed by atoms with Crippen molar-refractivity contribution in [2.45, 2.75) is 37.0 Å². The quantitative estimate of drug-likeness (QED) is 0.143. The van der Waals surface area contributed by atoms with E-state index in [4.69, 9.17) is 10.8 Å². The smallest absolute Gasteiger partial charge is 0.327 e. The maximum absolute atomic E-state index is 12.7. The van der Waals surface area contributed by atoms with Gasteiger partial charge < -0.3 is 31.8 Å². The van der Waals surface area contributed by atoms with E-state index in [0.717, 1.165) is 0 Å². The Balaban J connectivity index is 2.77. The number of aliphatic carboxylic acids is 1. The molecule has 0 saturated heterocycles. The fourth-order valence-corrected chi connectivity index (χ4v) is 3.41. The van der Waals surface area contributed by atoms with Crippen molar-refractivity contribution in [2.75, 3.05) is 23.5 Å². The van der Waals surface area contributed by atoms with E-state index < -0.39 is 47.9 Å². The molecule has 1 aromatic heterocycles. The number of rotatable bonds is 14. The van der Waals surface area contributed by atoms with Crippen molar-refractivity contribution in [3.63, 3.8) is 0 Å². The van der Waals surface area contributed by atoms with Crippen LogP contribution in [0.3, 0.4) is 0 Å². The number of aromatic nitrogens is 2. The maximum Gasteiger partial charge on any atom is 0.327 e. The number of carboxylic acids is 1. The Hall–Kier alpha value is -1.90. The van der Waals surface area contributed by atoms with Crippen LogP contribution in [0.25, 0.3) is 0 Å². The van der Waals surface area contributed by atoms with Gasteiger partial charge in [-0.25, -0.2) is 9.78 Å². The highest BCUT2D eigenvalue weighted by atomic mass is 32.2. The first-order chi connectivity index (χ1) is 14.7. The van der Waals surface area contributed by atoms with Crippen molar-refractivity contribution < 1.29 is 24.3 Å². The molecule has 7 N–H and O–H groups in total. The molecule has 1 heterocycles. The standard InChI is InChI=1S/C17H28N6O5S3/c1-31-3-2-11(21-14(24)10(18)4-9-5-19-8-20-9)15(25)22-12(6-29)16(26)23-13(7-30)17(27)28/h5,8,10-13,29-30H,2-4,6-7,18H2,1H3,(H,19,20)(H,21,24)(H,22,25)(H,23,26)(H,27,28). The Kier molecular flexibility index (Phi) is 12.4. The fourth-order valence-electron chi connectivity index (χ4n) is 2.43. The molecule has 0 bridgehead atoms. The Bertz CT molecular complexity index is 736. The third kappa shape index (κ3) is 9.41. The molecule has 0 saturated carbocycles. The lowest BCUT2D eigenvalue weighted by molar-refractivity contribution is -0.141. The summed E-state index contributed by atoms with van der Waals surface area (Å²) in [7, 11) is 0.